The fraction of sp³-hybridized carbons (Fsp3) is 0.913. The van der Waals surface area contributed by atoms with Gasteiger partial charge in [0.1, 0.15) is 0 Å². The average Bonchev–Trinajstić information content (AvgIpc) is 2.67. The minimum atomic E-state index is -1.13. The second kappa shape index (κ2) is 17.1. The van der Waals surface area contributed by atoms with E-state index < -0.39 is 17.4 Å². The van der Waals surface area contributed by atoms with Crippen LogP contribution in [0.4, 0.5) is 0 Å². The van der Waals surface area contributed by atoms with Crippen molar-refractivity contribution < 1.29 is 19.1 Å². The molecule has 0 aromatic rings. The fourth-order valence-electron chi connectivity index (χ4n) is 3.25. The summed E-state index contributed by atoms with van der Waals surface area (Å²) in [5.74, 6) is -0.834. The number of carbonyl (C=O) groups is 2. The van der Waals surface area contributed by atoms with E-state index in [4.69, 9.17) is 9.47 Å². The molecule has 0 atom stereocenters. The Kier molecular flexibility index (Phi) is 16.4. The van der Waals surface area contributed by atoms with Gasteiger partial charge in [-0.2, -0.15) is 0 Å². The van der Waals surface area contributed by atoms with E-state index in [-0.39, 0.29) is 0 Å². The number of ether oxygens (including phenoxy) is 2. The number of rotatable bonds is 18. The van der Waals surface area contributed by atoms with Gasteiger partial charge in [0.25, 0.3) is 0 Å². The first-order chi connectivity index (χ1) is 13.1. The van der Waals surface area contributed by atoms with Gasteiger partial charge in [-0.15, -0.1) is 0 Å². The van der Waals surface area contributed by atoms with Gasteiger partial charge >= 0.3 is 11.9 Å². The molecule has 160 valence electrons. The minimum Gasteiger partial charge on any atom is -0.465 e. The van der Waals surface area contributed by atoms with Gasteiger partial charge in [-0.05, 0) is 25.7 Å². The van der Waals surface area contributed by atoms with Crippen LogP contribution in [0.1, 0.15) is 118 Å². The molecule has 0 aliphatic heterocycles. The molecular weight excluding hydrogens is 340 g/mol. The molecule has 0 N–H and O–H groups in total. The van der Waals surface area contributed by atoms with Crippen LogP contribution in [0.25, 0.3) is 0 Å². The Morgan fingerprint density at radius 3 is 1.33 bits per heavy atom. The number of unbranched alkanes of at least 4 members (excludes halogenated alkanes) is 10. The molecule has 0 rings (SSSR count). The molecule has 0 heterocycles. The van der Waals surface area contributed by atoms with Gasteiger partial charge in [0.2, 0.25) is 0 Å². The molecule has 4 heteroatoms. The molecule has 0 fully saturated rings. The zero-order valence-corrected chi connectivity index (χ0v) is 18.4. The van der Waals surface area contributed by atoms with Crippen LogP contribution in [-0.2, 0) is 19.1 Å². The molecule has 0 aliphatic carbocycles. The average molecular weight is 385 g/mol. The van der Waals surface area contributed by atoms with Crippen molar-refractivity contribution in [3.63, 3.8) is 0 Å². The van der Waals surface area contributed by atoms with Gasteiger partial charge in [0, 0.05) is 0 Å². The minimum absolute atomic E-state index is 0.378. The fourth-order valence-corrected chi connectivity index (χ4v) is 3.25. The highest BCUT2D eigenvalue weighted by Gasteiger charge is 2.45. The summed E-state index contributed by atoms with van der Waals surface area (Å²) in [5, 5.41) is 0. The second-order valence-electron chi connectivity index (χ2n) is 7.60. The molecule has 0 bridgehead atoms. The third-order valence-corrected chi connectivity index (χ3v) is 5.45. The van der Waals surface area contributed by atoms with E-state index in [9.17, 15) is 9.59 Å². The lowest BCUT2D eigenvalue weighted by Crippen LogP contribution is -2.41. The summed E-state index contributed by atoms with van der Waals surface area (Å²) in [7, 11) is 0. The lowest BCUT2D eigenvalue weighted by atomic mass is 9.82. The van der Waals surface area contributed by atoms with Crippen molar-refractivity contribution in [3.8, 4) is 0 Å². The molecule has 0 saturated heterocycles. The third-order valence-electron chi connectivity index (χ3n) is 5.45. The lowest BCUT2D eigenvalue weighted by molar-refractivity contribution is -0.173. The van der Waals surface area contributed by atoms with E-state index >= 15 is 0 Å². The maximum atomic E-state index is 12.5. The van der Waals surface area contributed by atoms with Crippen LogP contribution in [0.5, 0.6) is 0 Å². The normalized spacial score (nSPS) is 11.4. The summed E-state index contributed by atoms with van der Waals surface area (Å²) in [6.07, 6.45) is 15.0. The Bertz CT molecular complexity index is 375. The van der Waals surface area contributed by atoms with Crippen molar-refractivity contribution >= 4 is 11.9 Å². The van der Waals surface area contributed by atoms with Crippen LogP contribution < -0.4 is 0 Å². The highest BCUT2D eigenvalue weighted by atomic mass is 16.6. The Labute approximate surface area is 167 Å². The van der Waals surface area contributed by atoms with Crippen molar-refractivity contribution in [2.45, 2.75) is 118 Å². The molecule has 0 spiro atoms. The van der Waals surface area contributed by atoms with Gasteiger partial charge in [-0.1, -0.05) is 91.9 Å². The van der Waals surface area contributed by atoms with Crippen LogP contribution in [-0.4, -0.2) is 25.2 Å². The Hall–Kier alpha value is -1.06. The van der Waals surface area contributed by atoms with Gasteiger partial charge < -0.3 is 9.47 Å². The Morgan fingerprint density at radius 2 is 0.926 bits per heavy atom. The van der Waals surface area contributed by atoms with Crippen molar-refractivity contribution in [2.75, 3.05) is 13.2 Å². The van der Waals surface area contributed by atoms with Crippen molar-refractivity contribution in [2.24, 2.45) is 5.41 Å². The summed E-state index contributed by atoms with van der Waals surface area (Å²) in [6.45, 7) is 8.77. The molecule has 0 aromatic heterocycles. The zero-order valence-electron chi connectivity index (χ0n) is 18.4. The van der Waals surface area contributed by atoms with Crippen molar-refractivity contribution in [1.82, 2.24) is 0 Å². The van der Waals surface area contributed by atoms with Crippen molar-refractivity contribution in [3.05, 3.63) is 0 Å². The monoisotopic (exact) mass is 384 g/mol. The summed E-state index contributed by atoms with van der Waals surface area (Å²) in [5.41, 5.74) is -1.13. The van der Waals surface area contributed by atoms with E-state index in [0.717, 1.165) is 25.7 Å². The first-order valence-electron chi connectivity index (χ1n) is 11.4. The second-order valence-corrected chi connectivity index (χ2v) is 7.60. The Morgan fingerprint density at radius 1 is 0.556 bits per heavy atom. The van der Waals surface area contributed by atoms with Crippen LogP contribution in [0, 0.1) is 5.41 Å². The zero-order chi connectivity index (χ0) is 20.4. The number of carbonyl (C=O) groups excluding carboxylic acids is 2. The molecule has 27 heavy (non-hydrogen) atoms. The van der Waals surface area contributed by atoms with E-state index in [1.165, 1.54) is 51.4 Å². The van der Waals surface area contributed by atoms with E-state index in [1.54, 1.807) is 0 Å². The van der Waals surface area contributed by atoms with Crippen LogP contribution >= 0.6 is 0 Å². The smallest absolute Gasteiger partial charge is 0.323 e. The highest BCUT2D eigenvalue weighted by molar-refractivity contribution is 5.99. The van der Waals surface area contributed by atoms with Crippen LogP contribution in [0.3, 0.4) is 0 Å². The summed E-state index contributed by atoms with van der Waals surface area (Å²) in [6, 6.07) is 0. The first kappa shape index (κ1) is 25.9. The molecule has 0 aromatic carbocycles. The number of hydrogen-bond donors (Lipinski definition) is 0. The number of hydrogen-bond acceptors (Lipinski definition) is 4. The molecule has 0 radical (unpaired) electrons. The van der Waals surface area contributed by atoms with Gasteiger partial charge in [-0.3, -0.25) is 9.59 Å². The molecule has 0 unspecified atom stereocenters. The quantitative estimate of drug-likeness (QED) is 0.152. The standard InChI is InChI=1S/C23H44O4/c1-5-9-11-12-13-14-15-16-17-18-20-27-22(25)23(7-3,8-4)21(24)26-19-10-6-2/h5-20H2,1-4H3. The lowest BCUT2D eigenvalue weighted by Gasteiger charge is -2.26. The largest absolute Gasteiger partial charge is 0.465 e. The van der Waals surface area contributed by atoms with E-state index in [2.05, 4.69) is 6.92 Å². The molecule has 4 nitrogen and oxygen atoms in total. The SMILES string of the molecule is CCCCCCCCCCCCOC(=O)C(CC)(CC)C(=O)OCCCC. The molecule has 0 aliphatic rings. The third kappa shape index (κ3) is 10.8. The van der Waals surface area contributed by atoms with Gasteiger partial charge in [0.15, 0.2) is 5.41 Å². The highest BCUT2D eigenvalue weighted by Crippen LogP contribution is 2.30. The number of esters is 2. The predicted octanol–water partition coefficient (Wildman–Crippen LogP) is 6.60. The van der Waals surface area contributed by atoms with E-state index in [1.807, 2.05) is 20.8 Å². The maximum absolute atomic E-state index is 12.5. The topological polar surface area (TPSA) is 52.6 Å². The first-order valence-corrected chi connectivity index (χ1v) is 11.4. The molecular formula is C23H44O4. The predicted molar refractivity (Wildman–Crippen MR) is 112 cm³/mol. The molecule has 0 amide bonds. The van der Waals surface area contributed by atoms with Crippen LogP contribution in [0.15, 0.2) is 0 Å². The van der Waals surface area contributed by atoms with Gasteiger partial charge in [-0.25, -0.2) is 0 Å². The Balaban J connectivity index is 3.99. The summed E-state index contributed by atoms with van der Waals surface area (Å²) < 4.78 is 10.8. The van der Waals surface area contributed by atoms with E-state index in [0.29, 0.717) is 26.1 Å². The maximum Gasteiger partial charge on any atom is 0.323 e. The van der Waals surface area contributed by atoms with Crippen LogP contribution in [0.2, 0.25) is 0 Å². The summed E-state index contributed by atoms with van der Waals surface area (Å²) >= 11 is 0. The summed E-state index contributed by atoms with van der Waals surface area (Å²) in [4.78, 5) is 25.0. The molecule has 0 saturated carbocycles. The van der Waals surface area contributed by atoms with Crippen molar-refractivity contribution in [1.29, 1.82) is 0 Å². The van der Waals surface area contributed by atoms with Gasteiger partial charge in [0.05, 0.1) is 13.2 Å².